The van der Waals surface area contributed by atoms with E-state index in [0.717, 1.165) is 28.1 Å². The van der Waals surface area contributed by atoms with Crippen LogP contribution >= 0.6 is 0 Å². The minimum atomic E-state index is -0.494. The van der Waals surface area contributed by atoms with Crippen molar-refractivity contribution in [2.45, 2.75) is 38.5 Å². The number of ether oxygens (including phenoxy) is 3. The number of Topliss-reactive ketones (excluding diaryl/α,β-unsaturated/α-hetero) is 1. The van der Waals surface area contributed by atoms with Crippen LogP contribution in [0.2, 0.25) is 0 Å². The Balaban J connectivity index is 1.56. The molecule has 1 amide bonds. The third-order valence-electron chi connectivity index (χ3n) is 7.81. The molecule has 0 spiro atoms. The van der Waals surface area contributed by atoms with Crippen LogP contribution in [-0.4, -0.2) is 33.0 Å². The molecule has 0 saturated carbocycles. The average molecular weight is 539 g/mol. The van der Waals surface area contributed by atoms with Gasteiger partial charge in [-0.05, 0) is 67.1 Å². The lowest BCUT2D eigenvalue weighted by Crippen LogP contribution is -2.37. The maximum Gasteiger partial charge on any atom is 0.254 e. The van der Waals surface area contributed by atoms with Gasteiger partial charge < -0.3 is 24.8 Å². The van der Waals surface area contributed by atoms with Crippen molar-refractivity contribution >= 4 is 17.4 Å². The predicted octanol–water partition coefficient (Wildman–Crippen LogP) is 6.02. The smallest absolute Gasteiger partial charge is 0.254 e. The Labute approximate surface area is 234 Å². The molecule has 5 rings (SSSR count). The topological polar surface area (TPSA) is 85.9 Å². The summed E-state index contributed by atoms with van der Waals surface area (Å²) in [5, 5.41) is 6.48. The summed E-state index contributed by atoms with van der Waals surface area (Å²) >= 11 is 0. The van der Waals surface area contributed by atoms with Gasteiger partial charge in [0.15, 0.2) is 17.3 Å². The van der Waals surface area contributed by atoms with E-state index < -0.39 is 5.92 Å². The first-order chi connectivity index (χ1) is 19.4. The highest BCUT2D eigenvalue weighted by Crippen LogP contribution is 2.47. The zero-order valence-corrected chi connectivity index (χ0v) is 23.5. The van der Waals surface area contributed by atoms with Gasteiger partial charge in [-0.3, -0.25) is 9.59 Å². The Hall–Kier alpha value is -4.52. The van der Waals surface area contributed by atoms with Crippen LogP contribution < -0.4 is 24.8 Å². The molecule has 7 heteroatoms. The molecule has 1 aliphatic carbocycles. The van der Waals surface area contributed by atoms with Crippen LogP contribution in [-0.2, 0) is 9.59 Å². The second-order valence-corrected chi connectivity index (χ2v) is 10.1. The fourth-order valence-electron chi connectivity index (χ4n) is 5.84. The monoisotopic (exact) mass is 538 g/mol. The number of carbonyl (C=O) groups is 2. The van der Waals surface area contributed by atoms with E-state index in [0.29, 0.717) is 46.9 Å². The number of nitrogens with one attached hydrogen (secondary N) is 2. The molecule has 2 N–H and O–H groups in total. The number of methoxy groups -OCH3 is 3. The van der Waals surface area contributed by atoms with Gasteiger partial charge in [0.2, 0.25) is 0 Å². The number of carbonyl (C=O) groups excluding carboxylic acids is 2. The standard InChI is InChI=1S/C33H34N2O5/c1-19-10-6-7-11-23(19)31-30(33(37)35-24-12-8-9-13-27(24)38-3)20(2)34-25-16-22(17-26(36)32(25)31)21-14-15-28(39-4)29(18-21)40-5/h6-15,18,22,31,34H,16-17H2,1-5H3,(H,35,37)/t22-,31+/m1/s1. The van der Waals surface area contributed by atoms with Crippen molar-refractivity contribution in [3.8, 4) is 17.2 Å². The molecule has 3 aromatic rings. The van der Waals surface area contributed by atoms with Gasteiger partial charge in [-0.15, -0.1) is 0 Å². The van der Waals surface area contributed by atoms with Gasteiger partial charge in [0, 0.05) is 34.9 Å². The Kier molecular flexibility index (Phi) is 7.65. The zero-order chi connectivity index (χ0) is 28.4. The van der Waals surface area contributed by atoms with E-state index in [4.69, 9.17) is 14.2 Å². The molecule has 0 bridgehead atoms. The summed E-state index contributed by atoms with van der Waals surface area (Å²) in [5.41, 5.74) is 6.30. The Morgan fingerprint density at radius 1 is 0.850 bits per heavy atom. The van der Waals surface area contributed by atoms with Gasteiger partial charge in [0.05, 0.1) is 27.0 Å². The van der Waals surface area contributed by atoms with Gasteiger partial charge in [-0.2, -0.15) is 0 Å². The zero-order valence-electron chi connectivity index (χ0n) is 23.5. The largest absolute Gasteiger partial charge is 0.495 e. The van der Waals surface area contributed by atoms with Gasteiger partial charge in [0.1, 0.15) is 5.75 Å². The highest BCUT2D eigenvalue weighted by Gasteiger charge is 2.41. The highest BCUT2D eigenvalue weighted by molar-refractivity contribution is 6.10. The number of amides is 1. The molecule has 0 radical (unpaired) electrons. The summed E-state index contributed by atoms with van der Waals surface area (Å²) in [5.74, 6) is 1.07. The minimum Gasteiger partial charge on any atom is -0.495 e. The van der Waals surface area contributed by atoms with Gasteiger partial charge in [-0.25, -0.2) is 0 Å². The lowest BCUT2D eigenvalue weighted by atomic mass is 9.71. The van der Waals surface area contributed by atoms with E-state index in [2.05, 4.69) is 10.6 Å². The number of anilines is 1. The van der Waals surface area contributed by atoms with Crippen LogP contribution in [0.15, 0.2) is 89.3 Å². The van der Waals surface area contributed by atoms with E-state index in [1.807, 2.05) is 68.4 Å². The number of allylic oxidation sites excluding steroid dienone is 3. The number of rotatable bonds is 7. The van der Waals surface area contributed by atoms with Crippen molar-refractivity contribution in [1.29, 1.82) is 0 Å². The molecular formula is C33H34N2O5. The SMILES string of the molecule is COc1ccccc1NC(=O)C1=C(C)NC2=C(C(=O)C[C@H](c3ccc(OC)c(OC)c3)C2)[C@H]1c1ccccc1C. The summed E-state index contributed by atoms with van der Waals surface area (Å²) < 4.78 is 16.4. The number of hydrogen-bond acceptors (Lipinski definition) is 6. The van der Waals surface area contributed by atoms with E-state index >= 15 is 0 Å². The molecule has 7 nitrogen and oxygen atoms in total. The molecule has 0 saturated heterocycles. The fourth-order valence-corrected chi connectivity index (χ4v) is 5.84. The van der Waals surface area contributed by atoms with Crippen LogP contribution in [0.4, 0.5) is 5.69 Å². The molecule has 3 aromatic carbocycles. The third kappa shape index (κ3) is 4.95. The number of dihydropyridines is 1. The molecule has 0 fully saturated rings. The predicted molar refractivity (Wildman–Crippen MR) is 155 cm³/mol. The molecular weight excluding hydrogens is 504 g/mol. The molecule has 40 heavy (non-hydrogen) atoms. The molecule has 0 unspecified atom stereocenters. The van der Waals surface area contributed by atoms with E-state index in [9.17, 15) is 9.59 Å². The van der Waals surface area contributed by atoms with Crippen LogP contribution in [0.25, 0.3) is 0 Å². The average Bonchev–Trinajstić information content (AvgIpc) is 2.96. The Morgan fingerprint density at radius 2 is 1.55 bits per heavy atom. The van der Waals surface area contributed by atoms with Crippen molar-refractivity contribution in [2.24, 2.45) is 0 Å². The van der Waals surface area contributed by atoms with E-state index in [1.165, 1.54) is 0 Å². The Morgan fingerprint density at radius 3 is 2.27 bits per heavy atom. The van der Waals surface area contributed by atoms with E-state index in [1.54, 1.807) is 33.5 Å². The van der Waals surface area contributed by atoms with Gasteiger partial charge in [-0.1, -0.05) is 42.5 Å². The molecule has 1 aliphatic heterocycles. The number of ketones is 1. The van der Waals surface area contributed by atoms with Crippen LogP contribution in [0.1, 0.15) is 48.3 Å². The number of benzene rings is 3. The molecule has 2 aliphatic rings. The summed E-state index contributed by atoms with van der Waals surface area (Å²) in [6.45, 7) is 3.92. The molecule has 0 aromatic heterocycles. The maximum absolute atomic E-state index is 14.0. The number of hydrogen-bond donors (Lipinski definition) is 2. The van der Waals surface area contributed by atoms with Gasteiger partial charge in [0.25, 0.3) is 5.91 Å². The first kappa shape index (κ1) is 27.1. The number of aryl methyl sites for hydroxylation is 1. The van der Waals surface area contributed by atoms with Crippen LogP contribution in [0.3, 0.4) is 0 Å². The van der Waals surface area contributed by atoms with Crippen LogP contribution in [0, 0.1) is 6.92 Å². The van der Waals surface area contributed by atoms with Crippen molar-refractivity contribution in [1.82, 2.24) is 5.32 Å². The van der Waals surface area contributed by atoms with Crippen LogP contribution in [0.5, 0.6) is 17.2 Å². The first-order valence-corrected chi connectivity index (χ1v) is 13.3. The summed E-state index contributed by atoms with van der Waals surface area (Å²) in [4.78, 5) is 27.9. The lowest BCUT2D eigenvalue weighted by Gasteiger charge is -2.37. The molecule has 1 heterocycles. The fraction of sp³-hybridized carbons (Fsp3) is 0.273. The van der Waals surface area contributed by atoms with E-state index in [-0.39, 0.29) is 17.6 Å². The van der Waals surface area contributed by atoms with Crippen molar-refractivity contribution in [3.63, 3.8) is 0 Å². The lowest BCUT2D eigenvalue weighted by molar-refractivity contribution is -0.116. The van der Waals surface area contributed by atoms with Gasteiger partial charge >= 0.3 is 0 Å². The third-order valence-corrected chi connectivity index (χ3v) is 7.81. The summed E-state index contributed by atoms with van der Waals surface area (Å²) in [6.07, 6.45) is 0.969. The van der Waals surface area contributed by atoms with Crippen molar-refractivity contribution < 1.29 is 23.8 Å². The minimum absolute atomic E-state index is 0.0249. The second-order valence-electron chi connectivity index (χ2n) is 10.1. The highest BCUT2D eigenvalue weighted by atomic mass is 16.5. The molecule has 206 valence electrons. The summed E-state index contributed by atoms with van der Waals surface area (Å²) in [7, 11) is 4.78. The normalized spacial score (nSPS) is 18.6. The number of para-hydroxylation sites is 2. The summed E-state index contributed by atoms with van der Waals surface area (Å²) in [6, 6.07) is 21.0. The van der Waals surface area contributed by atoms with Crippen molar-refractivity contribution in [3.05, 3.63) is 106 Å². The Bertz CT molecular complexity index is 1540. The second kappa shape index (κ2) is 11.3. The van der Waals surface area contributed by atoms with Crippen molar-refractivity contribution in [2.75, 3.05) is 26.6 Å². The molecule has 2 atom stereocenters. The quantitative estimate of drug-likeness (QED) is 0.383. The maximum atomic E-state index is 14.0. The first-order valence-electron chi connectivity index (χ1n) is 13.3.